The van der Waals surface area contributed by atoms with E-state index in [9.17, 15) is 4.79 Å². The van der Waals surface area contributed by atoms with Gasteiger partial charge in [-0.1, -0.05) is 97.1 Å². The number of esters is 1. The first-order valence-corrected chi connectivity index (χ1v) is 17.3. The molecule has 9 aromatic rings. The van der Waals surface area contributed by atoms with E-state index >= 15 is 0 Å². The third kappa shape index (κ3) is 5.60. The molecule has 0 aliphatic heterocycles. The van der Waals surface area contributed by atoms with Crippen LogP contribution in [0, 0.1) is 0 Å². The summed E-state index contributed by atoms with van der Waals surface area (Å²) in [6.45, 7) is 0.642. The molecule has 0 saturated heterocycles. The van der Waals surface area contributed by atoms with E-state index in [4.69, 9.17) is 14.2 Å². The fourth-order valence-electron chi connectivity index (χ4n) is 7.19. The molecule has 2 heterocycles. The van der Waals surface area contributed by atoms with Gasteiger partial charge >= 0.3 is 5.97 Å². The van der Waals surface area contributed by atoms with Gasteiger partial charge in [0.05, 0.1) is 34.7 Å². The van der Waals surface area contributed by atoms with E-state index in [1.165, 1.54) is 50.7 Å². The molecule has 0 aliphatic carbocycles. The van der Waals surface area contributed by atoms with Gasteiger partial charge < -0.3 is 23.3 Å². The van der Waals surface area contributed by atoms with Crippen molar-refractivity contribution in [1.82, 2.24) is 9.13 Å². The second-order valence-corrected chi connectivity index (χ2v) is 12.8. The number of benzene rings is 7. The number of carbonyl (C=O) groups is 1. The predicted molar refractivity (Wildman–Crippen MR) is 208 cm³/mol. The summed E-state index contributed by atoms with van der Waals surface area (Å²) in [6.07, 6.45) is 0. The molecule has 7 aromatic carbocycles. The van der Waals surface area contributed by atoms with Crippen LogP contribution < -0.4 is 9.47 Å². The second-order valence-electron chi connectivity index (χ2n) is 12.8. The van der Waals surface area contributed by atoms with Crippen LogP contribution in [-0.2, 0) is 18.0 Å². The van der Waals surface area contributed by atoms with Gasteiger partial charge in [-0.05, 0) is 71.8 Å². The monoisotopic (exact) mass is 678 g/mol. The summed E-state index contributed by atoms with van der Waals surface area (Å²) in [5, 5.41) is 4.91. The summed E-state index contributed by atoms with van der Waals surface area (Å²) in [5.41, 5.74) is 9.17. The molecule has 0 spiro atoms. The molecule has 2 aromatic heterocycles. The van der Waals surface area contributed by atoms with E-state index in [2.05, 4.69) is 155 Å². The lowest BCUT2D eigenvalue weighted by Crippen LogP contribution is -2.04. The van der Waals surface area contributed by atoms with Crippen molar-refractivity contribution in [2.75, 3.05) is 7.11 Å². The number of ether oxygens (including phenoxy) is 3. The van der Waals surface area contributed by atoms with Gasteiger partial charge in [-0.25, -0.2) is 4.79 Å². The lowest BCUT2D eigenvalue weighted by atomic mass is 10.2. The zero-order valence-corrected chi connectivity index (χ0v) is 28.5. The van der Waals surface area contributed by atoms with Crippen molar-refractivity contribution in [2.24, 2.45) is 0 Å². The van der Waals surface area contributed by atoms with Gasteiger partial charge in [0.1, 0.15) is 24.7 Å². The number of hydrogen-bond acceptors (Lipinski definition) is 4. The highest BCUT2D eigenvalue weighted by Crippen LogP contribution is 2.34. The number of aromatic nitrogens is 2. The van der Waals surface area contributed by atoms with Crippen LogP contribution in [0.2, 0.25) is 0 Å². The molecule has 0 atom stereocenters. The van der Waals surface area contributed by atoms with Gasteiger partial charge in [0.15, 0.2) is 0 Å². The Labute approximate surface area is 300 Å². The van der Waals surface area contributed by atoms with Crippen LogP contribution in [0.5, 0.6) is 11.5 Å². The SMILES string of the molecule is COC(=O)c1cc(OCc2ccc(-n3c4ccccc4c4ccccc43)cc2)cc(OCc2ccc(-n3c4ccccc4c4ccccc43)cc2)c1. The Morgan fingerprint density at radius 3 is 1.15 bits per heavy atom. The Bertz CT molecular complexity index is 2450. The molecule has 252 valence electrons. The van der Waals surface area contributed by atoms with E-state index in [0.717, 1.165) is 22.5 Å². The summed E-state index contributed by atoms with van der Waals surface area (Å²) in [5.74, 6) is 0.582. The van der Waals surface area contributed by atoms with E-state index in [-0.39, 0.29) is 0 Å². The highest BCUT2D eigenvalue weighted by Gasteiger charge is 2.14. The van der Waals surface area contributed by atoms with E-state index in [1.807, 2.05) is 6.07 Å². The zero-order chi connectivity index (χ0) is 35.0. The first kappa shape index (κ1) is 31.2. The first-order valence-electron chi connectivity index (χ1n) is 17.3. The van der Waals surface area contributed by atoms with Crippen molar-refractivity contribution in [3.05, 3.63) is 180 Å². The third-order valence-corrected chi connectivity index (χ3v) is 9.66. The second kappa shape index (κ2) is 13.2. The van der Waals surface area contributed by atoms with Crippen LogP contribution in [0.3, 0.4) is 0 Å². The van der Waals surface area contributed by atoms with Crippen molar-refractivity contribution >= 4 is 49.6 Å². The number of rotatable bonds is 9. The summed E-state index contributed by atoms with van der Waals surface area (Å²) < 4.78 is 22.1. The summed E-state index contributed by atoms with van der Waals surface area (Å²) in [4.78, 5) is 12.6. The molecule has 0 radical (unpaired) electrons. The number of para-hydroxylation sites is 4. The molecule has 0 bridgehead atoms. The largest absolute Gasteiger partial charge is 0.489 e. The Hall–Kier alpha value is -6.79. The Kier molecular flexibility index (Phi) is 7.90. The first-order chi connectivity index (χ1) is 25.6. The Morgan fingerprint density at radius 2 is 0.808 bits per heavy atom. The average molecular weight is 679 g/mol. The molecule has 9 rings (SSSR count). The molecule has 0 fully saturated rings. The average Bonchev–Trinajstić information content (AvgIpc) is 3.72. The molecule has 0 aliphatic rings. The number of nitrogens with zero attached hydrogens (tertiary/aromatic N) is 2. The fourth-order valence-corrected chi connectivity index (χ4v) is 7.19. The van der Waals surface area contributed by atoms with Crippen molar-refractivity contribution in [3.63, 3.8) is 0 Å². The van der Waals surface area contributed by atoms with E-state index in [0.29, 0.717) is 30.3 Å². The molecule has 6 heteroatoms. The van der Waals surface area contributed by atoms with Gasteiger partial charge in [0.2, 0.25) is 0 Å². The standard InChI is InChI=1S/C46H34N2O4/c1-50-46(49)33-26-36(51-29-31-18-22-34(23-19-31)47-42-14-6-2-10-38(42)39-11-3-7-15-43(39)47)28-37(27-33)52-30-32-20-24-35(25-21-32)48-44-16-8-4-12-40(44)41-13-5-9-17-45(41)48/h2-28H,29-30H2,1H3. The minimum absolute atomic E-state index is 0.321. The van der Waals surface area contributed by atoms with Crippen LogP contribution >= 0.6 is 0 Å². The Morgan fingerprint density at radius 1 is 0.462 bits per heavy atom. The lowest BCUT2D eigenvalue weighted by molar-refractivity contribution is 0.0599. The molecular formula is C46H34N2O4. The quantitative estimate of drug-likeness (QED) is 0.143. The van der Waals surface area contributed by atoms with Gasteiger partial charge in [0, 0.05) is 39.0 Å². The minimum Gasteiger partial charge on any atom is -0.489 e. The van der Waals surface area contributed by atoms with Crippen LogP contribution in [0.15, 0.2) is 164 Å². The maximum Gasteiger partial charge on any atom is 0.338 e. The smallest absolute Gasteiger partial charge is 0.338 e. The number of hydrogen-bond donors (Lipinski definition) is 0. The lowest BCUT2D eigenvalue weighted by Gasteiger charge is -2.13. The predicted octanol–water partition coefficient (Wildman–Crippen LogP) is 10.8. The highest BCUT2D eigenvalue weighted by atomic mass is 16.5. The molecule has 0 unspecified atom stereocenters. The van der Waals surface area contributed by atoms with Gasteiger partial charge in [0.25, 0.3) is 0 Å². The fraction of sp³-hybridized carbons (Fsp3) is 0.0652. The van der Waals surface area contributed by atoms with E-state index < -0.39 is 5.97 Å². The number of fused-ring (bicyclic) bond motifs is 6. The number of methoxy groups -OCH3 is 1. The number of carbonyl (C=O) groups excluding carboxylic acids is 1. The highest BCUT2D eigenvalue weighted by molar-refractivity contribution is 6.10. The van der Waals surface area contributed by atoms with Gasteiger partial charge in [-0.2, -0.15) is 0 Å². The molecular weight excluding hydrogens is 645 g/mol. The van der Waals surface area contributed by atoms with Crippen LogP contribution in [0.25, 0.3) is 55.0 Å². The maximum absolute atomic E-state index is 12.6. The summed E-state index contributed by atoms with van der Waals surface area (Å²) >= 11 is 0. The van der Waals surface area contributed by atoms with Crippen molar-refractivity contribution in [2.45, 2.75) is 13.2 Å². The Balaban J connectivity index is 0.925. The summed E-state index contributed by atoms with van der Waals surface area (Å²) in [6, 6.07) is 55.8. The maximum atomic E-state index is 12.6. The van der Waals surface area contributed by atoms with Crippen molar-refractivity contribution in [3.8, 4) is 22.9 Å². The minimum atomic E-state index is -0.457. The van der Waals surface area contributed by atoms with Gasteiger partial charge in [-0.3, -0.25) is 0 Å². The van der Waals surface area contributed by atoms with Crippen molar-refractivity contribution in [1.29, 1.82) is 0 Å². The molecule has 0 amide bonds. The van der Waals surface area contributed by atoms with Crippen LogP contribution in [0.1, 0.15) is 21.5 Å². The third-order valence-electron chi connectivity index (χ3n) is 9.66. The zero-order valence-electron chi connectivity index (χ0n) is 28.5. The topological polar surface area (TPSA) is 54.6 Å². The van der Waals surface area contributed by atoms with E-state index in [1.54, 1.807) is 12.1 Å². The van der Waals surface area contributed by atoms with Gasteiger partial charge in [-0.15, -0.1) is 0 Å². The summed E-state index contributed by atoms with van der Waals surface area (Å²) in [7, 11) is 1.37. The molecule has 52 heavy (non-hydrogen) atoms. The molecule has 0 N–H and O–H groups in total. The van der Waals surface area contributed by atoms with Crippen LogP contribution in [-0.4, -0.2) is 22.2 Å². The molecule has 6 nitrogen and oxygen atoms in total. The van der Waals surface area contributed by atoms with Crippen LogP contribution in [0.4, 0.5) is 0 Å². The van der Waals surface area contributed by atoms with Crippen molar-refractivity contribution < 1.29 is 19.0 Å². The molecule has 0 saturated carbocycles. The normalized spacial score (nSPS) is 11.4.